The maximum Gasteiger partial charge on any atom is 0.163 e. The lowest BCUT2D eigenvalue weighted by Gasteiger charge is -2.13. The minimum Gasteiger partial charge on any atom is -0.357 e. The molecule has 0 aliphatic heterocycles. The van der Waals surface area contributed by atoms with Gasteiger partial charge < -0.3 is 4.90 Å². The van der Waals surface area contributed by atoms with E-state index in [1.807, 2.05) is 32.2 Å². The summed E-state index contributed by atoms with van der Waals surface area (Å²) in [7, 11) is 3.85. The number of hydrogen-bond acceptors (Lipinski definition) is 3. The molecule has 0 saturated heterocycles. The largest absolute Gasteiger partial charge is 0.357 e. The van der Waals surface area contributed by atoms with Crippen LogP contribution in [0, 0.1) is 0 Å². The minimum atomic E-state index is 0.376. The molecule has 0 atom stereocenters. The summed E-state index contributed by atoms with van der Waals surface area (Å²) in [5.41, 5.74) is 0.506. The summed E-state index contributed by atoms with van der Waals surface area (Å²) in [6.07, 6.45) is 1.96. The van der Waals surface area contributed by atoms with Crippen molar-refractivity contribution in [1.82, 2.24) is 4.90 Å². The number of halogens is 1. The fourth-order valence-corrected chi connectivity index (χ4v) is 1.45. The molecule has 0 fully saturated rings. The highest BCUT2D eigenvalue weighted by Crippen LogP contribution is 2.08. The second kappa shape index (κ2) is 6.90. The first-order chi connectivity index (χ1) is 6.52. The van der Waals surface area contributed by atoms with Crippen LogP contribution < -0.4 is 0 Å². The highest BCUT2D eigenvalue weighted by molar-refractivity contribution is 8.13. The lowest BCUT2D eigenvalue weighted by atomic mass is 10.5. The van der Waals surface area contributed by atoms with E-state index in [4.69, 9.17) is 11.6 Å². The number of amidine groups is 1. The molecule has 0 saturated carbocycles. The predicted octanol–water partition coefficient (Wildman–Crippen LogP) is 2.44. The van der Waals surface area contributed by atoms with Crippen molar-refractivity contribution in [2.45, 2.75) is 6.92 Å². The summed E-state index contributed by atoms with van der Waals surface area (Å²) in [6.45, 7) is 6.31. The fourth-order valence-electron chi connectivity index (χ4n) is 0.720. The first-order valence-electron chi connectivity index (χ1n) is 4.22. The van der Waals surface area contributed by atoms with Crippen molar-refractivity contribution in [3.8, 4) is 0 Å². The molecular weight excluding hydrogens is 218 g/mol. The van der Waals surface area contributed by atoms with E-state index in [-0.39, 0.29) is 0 Å². The third kappa shape index (κ3) is 4.67. The summed E-state index contributed by atoms with van der Waals surface area (Å²) in [4.78, 5) is 10.2. The smallest absolute Gasteiger partial charge is 0.163 e. The van der Waals surface area contributed by atoms with E-state index in [9.17, 15) is 0 Å². The van der Waals surface area contributed by atoms with Crippen molar-refractivity contribution >= 4 is 33.7 Å². The molecule has 0 N–H and O–H groups in total. The van der Waals surface area contributed by atoms with Crippen LogP contribution in [0.2, 0.25) is 0 Å². The molecule has 0 bridgehead atoms. The maximum absolute atomic E-state index is 5.85. The van der Waals surface area contributed by atoms with Gasteiger partial charge >= 0.3 is 0 Å². The average molecular weight is 234 g/mol. The summed E-state index contributed by atoms with van der Waals surface area (Å²) < 4.78 is 0. The summed E-state index contributed by atoms with van der Waals surface area (Å²) >= 11 is 7.40. The third-order valence-electron chi connectivity index (χ3n) is 1.33. The van der Waals surface area contributed by atoms with Crippen molar-refractivity contribution in [3.05, 3.63) is 12.3 Å². The fraction of sp³-hybridized carbons (Fsp3) is 0.556. The van der Waals surface area contributed by atoms with Gasteiger partial charge in [0.1, 0.15) is 5.17 Å². The zero-order valence-corrected chi connectivity index (χ0v) is 10.6. The summed E-state index contributed by atoms with van der Waals surface area (Å²) in [5.74, 6) is 0. The molecule has 5 heteroatoms. The van der Waals surface area contributed by atoms with E-state index in [0.717, 1.165) is 5.17 Å². The number of nitrogens with zero attached hydrogens (tertiary/aromatic N) is 3. The van der Waals surface area contributed by atoms with Crippen molar-refractivity contribution in [2.75, 3.05) is 26.9 Å². The monoisotopic (exact) mass is 233 g/mol. The molecule has 80 valence electrons. The lowest BCUT2D eigenvalue weighted by molar-refractivity contribution is 0.636. The number of aliphatic imine (C=N–C) groups is 2. The average Bonchev–Trinajstić information content (AvgIpc) is 2.13. The van der Waals surface area contributed by atoms with E-state index in [0.29, 0.717) is 17.4 Å². The van der Waals surface area contributed by atoms with E-state index < -0.39 is 0 Å². The van der Waals surface area contributed by atoms with Gasteiger partial charge in [0.05, 0.1) is 5.70 Å². The quantitative estimate of drug-likeness (QED) is 0.553. The van der Waals surface area contributed by atoms with Crippen LogP contribution >= 0.6 is 23.4 Å². The molecule has 0 aromatic carbocycles. The Morgan fingerprint density at radius 2 is 2.07 bits per heavy atom. The van der Waals surface area contributed by atoms with Gasteiger partial charge in [0.25, 0.3) is 0 Å². The zero-order valence-electron chi connectivity index (χ0n) is 9.04. The van der Waals surface area contributed by atoms with E-state index >= 15 is 0 Å². The molecule has 0 spiro atoms. The van der Waals surface area contributed by atoms with Crippen LogP contribution in [-0.4, -0.2) is 42.1 Å². The van der Waals surface area contributed by atoms with Crippen molar-refractivity contribution < 1.29 is 0 Å². The normalized spacial score (nSPS) is 12.9. The van der Waals surface area contributed by atoms with E-state index in [1.54, 1.807) is 11.8 Å². The van der Waals surface area contributed by atoms with E-state index in [1.165, 1.54) is 0 Å². The Kier molecular flexibility index (Phi) is 6.66. The second-order valence-electron chi connectivity index (χ2n) is 2.70. The number of thioether (sulfide) groups is 1. The van der Waals surface area contributed by atoms with Crippen LogP contribution in [0.5, 0.6) is 0 Å². The molecule has 0 heterocycles. The topological polar surface area (TPSA) is 28.0 Å². The van der Waals surface area contributed by atoms with Gasteiger partial charge in [0.2, 0.25) is 0 Å². The zero-order chi connectivity index (χ0) is 11.1. The van der Waals surface area contributed by atoms with E-state index in [2.05, 4.69) is 16.6 Å². The van der Waals surface area contributed by atoms with Gasteiger partial charge in [-0.2, -0.15) is 0 Å². The van der Waals surface area contributed by atoms with Gasteiger partial charge in [-0.15, -0.1) is 0 Å². The van der Waals surface area contributed by atoms with Crippen molar-refractivity contribution in [2.24, 2.45) is 9.98 Å². The van der Waals surface area contributed by atoms with Crippen LogP contribution in [0.3, 0.4) is 0 Å². The van der Waals surface area contributed by atoms with Gasteiger partial charge in [0.15, 0.2) is 5.17 Å². The molecule has 0 radical (unpaired) electrons. The number of rotatable bonds is 3. The predicted molar refractivity (Wildman–Crippen MR) is 67.6 cm³/mol. The highest BCUT2D eigenvalue weighted by Gasteiger charge is 2.03. The second-order valence-corrected chi connectivity index (χ2v) is 3.84. The minimum absolute atomic E-state index is 0.376. The summed E-state index contributed by atoms with van der Waals surface area (Å²) in [6, 6.07) is 0. The Labute approximate surface area is 94.9 Å². The molecule has 3 nitrogen and oxygen atoms in total. The molecule has 0 aromatic heterocycles. The highest BCUT2D eigenvalue weighted by atomic mass is 35.5. The Bertz CT molecular complexity index is 259. The molecule has 0 aliphatic carbocycles. The maximum atomic E-state index is 5.85. The first-order valence-corrected chi connectivity index (χ1v) is 5.82. The molecule has 0 aliphatic rings. The van der Waals surface area contributed by atoms with Crippen LogP contribution in [0.4, 0.5) is 0 Å². The number of hydrogen-bond donors (Lipinski definition) is 0. The van der Waals surface area contributed by atoms with Gasteiger partial charge in [-0.1, -0.05) is 29.9 Å². The van der Waals surface area contributed by atoms with Gasteiger partial charge in [0, 0.05) is 20.6 Å². The molecule has 0 rings (SSSR count). The van der Waals surface area contributed by atoms with Crippen LogP contribution in [-0.2, 0) is 0 Å². The Morgan fingerprint density at radius 3 is 2.43 bits per heavy atom. The standard InChI is InChI=1S/C9H16ClN3S/c1-6-11-8(10)7(2)12-9(14-5)13(3)4/h2,6H2,1,3-5H3. The Morgan fingerprint density at radius 1 is 1.50 bits per heavy atom. The SMILES string of the molecule is C=C(N=C(SC)N(C)C)C(Cl)=NCC. The molecule has 0 unspecified atom stereocenters. The summed E-state index contributed by atoms with van der Waals surface area (Å²) in [5, 5.41) is 1.24. The van der Waals surface area contributed by atoms with Crippen LogP contribution in [0.15, 0.2) is 22.3 Å². The molecule has 0 aromatic rings. The van der Waals surface area contributed by atoms with Gasteiger partial charge in [-0.3, -0.25) is 4.99 Å². The molecule has 0 amide bonds. The van der Waals surface area contributed by atoms with Crippen molar-refractivity contribution in [3.63, 3.8) is 0 Å². The van der Waals surface area contributed by atoms with Crippen molar-refractivity contribution in [1.29, 1.82) is 0 Å². The molecule has 14 heavy (non-hydrogen) atoms. The van der Waals surface area contributed by atoms with Gasteiger partial charge in [-0.25, -0.2) is 4.99 Å². The Balaban J connectivity index is 4.63. The Hall–Kier alpha value is -0.480. The lowest BCUT2D eigenvalue weighted by Crippen LogP contribution is -2.18. The van der Waals surface area contributed by atoms with Crippen LogP contribution in [0.1, 0.15) is 6.92 Å². The first kappa shape index (κ1) is 13.5. The molecular formula is C9H16ClN3S. The van der Waals surface area contributed by atoms with Crippen LogP contribution in [0.25, 0.3) is 0 Å². The number of allylic oxidation sites excluding steroid dienone is 1. The van der Waals surface area contributed by atoms with Gasteiger partial charge in [-0.05, 0) is 13.2 Å². The third-order valence-corrected chi connectivity index (χ3v) is 2.49.